The molecule has 7 heteroatoms. The second-order valence-corrected chi connectivity index (χ2v) is 6.05. The summed E-state index contributed by atoms with van der Waals surface area (Å²) in [4.78, 5) is 25.3. The van der Waals surface area contributed by atoms with E-state index < -0.39 is 6.09 Å². The molecule has 0 bridgehead atoms. The maximum Gasteiger partial charge on any atom is 0.411 e. The minimum Gasteiger partial charge on any atom is -0.453 e. The zero-order chi connectivity index (χ0) is 18.9. The van der Waals surface area contributed by atoms with Gasteiger partial charge in [0.1, 0.15) is 0 Å². The third-order valence-electron chi connectivity index (χ3n) is 3.76. The fraction of sp³-hybridized carbons (Fsp3) is 0.263. The Morgan fingerprint density at radius 3 is 2.46 bits per heavy atom. The average molecular weight is 376 g/mol. The highest BCUT2D eigenvalue weighted by Gasteiger charge is 2.12. The molecular weight excluding hydrogens is 354 g/mol. The van der Waals surface area contributed by atoms with Crippen LogP contribution in [0.4, 0.5) is 15.3 Å². The molecular formula is C19H22ClN3O3. The van der Waals surface area contributed by atoms with Crippen molar-refractivity contribution in [1.82, 2.24) is 10.2 Å². The molecule has 2 aromatic rings. The highest BCUT2D eigenvalue weighted by atomic mass is 35.5. The molecule has 0 saturated carbocycles. The average Bonchev–Trinajstić information content (AvgIpc) is 2.65. The van der Waals surface area contributed by atoms with Crippen LogP contribution in [0.5, 0.6) is 0 Å². The van der Waals surface area contributed by atoms with Crippen LogP contribution >= 0.6 is 11.6 Å². The smallest absolute Gasteiger partial charge is 0.411 e. The van der Waals surface area contributed by atoms with Crippen LogP contribution in [0.2, 0.25) is 5.02 Å². The maximum atomic E-state index is 12.4. The third-order valence-corrected chi connectivity index (χ3v) is 4.00. The molecule has 0 aliphatic heterocycles. The van der Waals surface area contributed by atoms with E-state index in [2.05, 4.69) is 15.4 Å². The Hall–Kier alpha value is -2.73. The van der Waals surface area contributed by atoms with Crippen molar-refractivity contribution in [2.75, 3.05) is 19.0 Å². The number of rotatable bonds is 6. The molecule has 3 amide bonds. The predicted octanol–water partition coefficient (Wildman–Crippen LogP) is 4.25. The molecule has 0 aliphatic carbocycles. The Labute approximate surface area is 158 Å². The number of carbonyl (C=O) groups excluding carboxylic acids is 2. The van der Waals surface area contributed by atoms with Gasteiger partial charge in [-0.2, -0.15) is 0 Å². The molecule has 0 unspecified atom stereocenters. The number of urea groups is 1. The number of methoxy groups -OCH3 is 1. The molecule has 2 rings (SSSR count). The molecule has 2 aromatic carbocycles. The standard InChI is InChI=1S/C19H22ClN3O3/c1-3-23(13-15-5-4-6-16(20)11-15)18(24)21-12-14-7-9-17(10-8-14)22-19(25)26-2/h4-11H,3,12-13H2,1-2H3,(H,21,24)(H,22,25). The molecule has 0 spiro atoms. The number of nitrogens with one attached hydrogen (secondary N) is 2. The zero-order valence-electron chi connectivity index (χ0n) is 14.8. The van der Waals surface area contributed by atoms with Crippen molar-refractivity contribution in [3.8, 4) is 0 Å². The van der Waals surface area contributed by atoms with Gasteiger partial charge in [0.15, 0.2) is 0 Å². The normalized spacial score (nSPS) is 10.1. The number of amides is 3. The zero-order valence-corrected chi connectivity index (χ0v) is 15.5. The molecule has 0 saturated heterocycles. The topological polar surface area (TPSA) is 70.7 Å². The lowest BCUT2D eigenvalue weighted by Crippen LogP contribution is -2.39. The van der Waals surface area contributed by atoms with Gasteiger partial charge >= 0.3 is 12.1 Å². The van der Waals surface area contributed by atoms with Gasteiger partial charge in [0.2, 0.25) is 0 Å². The van der Waals surface area contributed by atoms with Crippen molar-refractivity contribution in [1.29, 1.82) is 0 Å². The van der Waals surface area contributed by atoms with Crippen LogP contribution in [0.15, 0.2) is 48.5 Å². The van der Waals surface area contributed by atoms with Gasteiger partial charge in [-0.15, -0.1) is 0 Å². The predicted molar refractivity (Wildman–Crippen MR) is 102 cm³/mol. The number of benzene rings is 2. The Morgan fingerprint density at radius 2 is 1.85 bits per heavy atom. The summed E-state index contributed by atoms with van der Waals surface area (Å²) in [6.07, 6.45) is -0.523. The summed E-state index contributed by atoms with van der Waals surface area (Å²) < 4.78 is 4.54. The maximum absolute atomic E-state index is 12.4. The summed E-state index contributed by atoms with van der Waals surface area (Å²) in [6, 6.07) is 14.5. The second kappa shape index (κ2) is 9.68. The molecule has 6 nitrogen and oxygen atoms in total. The van der Waals surface area contributed by atoms with Crippen molar-refractivity contribution in [2.45, 2.75) is 20.0 Å². The summed E-state index contributed by atoms with van der Waals surface area (Å²) in [6.45, 7) is 3.39. The largest absolute Gasteiger partial charge is 0.453 e. The monoisotopic (exact) mass is 375 g/mol. The molecule has 0 heterocycles. The van der Waals surface area contributed by atoms with E-state index in [1.807, 2.05) is 37.3 Å². The van der Waals surface area contributed by atoms with Crippen molar-refractivity contribution in [3.63, 3.8) is 0 Å². The Morgan fingerprint density at radius 1 is 1.12 bits per heavy atom. The van der Waals surface area contributed by atoms with Crippen molar-refractivity contribution >= 4 is 29.4 Å². The van der Waals surface area contributed by atoms with E-state index in [0.717, 1.165) is 11.1 Å². The first kappa shape index (κ1) is 19.6. The van der Waals surface area contributed by atoms with E-state index >= 15 is 0 Å². The summed E-state index contributed by atoms with van der Waals surface area (Å²) in [5.74, 6) is 0. The lowest BCUT2D eigenvalue weighted by atomic mass is 10.2. The quantitative estimate of drug-likeness (QED) is 0.792. The minimum absolute atomic E-state index is 0.149. The van der Waals surface area contributed by atoms with E-state index in [-0.39, 0.29) is 6.03 Å². The Bertz CT molecular complexity index is 750. The highest BCUT2D eigenvalue weighted by molar-refractivity contribution is 6.30. The first-order valence-electron chi connectivity index (χ1n) is 8.23. The van der Waals surface area contributed by atoms with Crippen LogP contribution in [0.25, 0.3) is 0 Å². The number of anilines is 1. The summed E-state index contributed by atoms with van der Waals surface area (Å²) >= 11 is 5.99. The molecule has 0 fully saturated rings. The molecule has 2 N–H and O–H groups in total. The van der Waals surface area contributed by atoms with Gasteiger partial charge in [0, 0.05) is 30.3 Å². The summed E-state index contributed by atoms with van der Waals surface area (Å²) in [5, 5.41) is 6.13. The number of nitrogens with zero attached hydrogens (tertiary/aromatic N) is 1. The molecule has 0 atom stereocenters. The van der Waals surface area contributed by atoms with Crippen LogP contribution < -0.4 is 10.6 Å². The van der Waals surface area contributed by atoms with Gasteiger partial charge < -0.3 is 15.0 Å². The number of carbonyl (C=O) groups is 2. The molecule has 26 heavy (non-hydrogen) atoms. The van der Waals surface area contributed by atoms with Gasteiger partial charge in [-0.3, -0.25) is 5.32 Å². The second-order valence-electron chi connectivity index (χ2n) is 5.62. The van der Waals surface area contributed by atoms with E-state index in [9.17, 15) is 9.59 Å². The molecule has 0 aliphatic rings. The van der Waals surface area contributed by atoms with Gasteiger partial charge in [0.25, 0.3) is 0 Å². The molecule has 138 valence electrons. The molecule has 0 aromatic heterocycles. The van der Waals surface area contributed by atoms with Gasteiger partial charge in [-0.05, 0) is 42.3 Å². The van der Waals surface area contributed by atoms with E-state index in [1.54, 1.807) is 23.1 Å². The summed E-state index contributed by atoms with van der Waals surface area (Å²) in [5.41, 5.74) is 2.53. The minimum atomic E-state index is -0.523. The summed E-state index contributed by atoms with van der Waals surface area (Å²) in [7, 11) is 1.31. The number of hydrogen-bond donors (Lipinski definition) is 2. The van der Waals surface area contributed by atoms with Gasteiger partial charge in [-0.25, -0.2) is 9.59 Å². The van der Waals surface area contributed by atoms with Crippen molar-refractivity contribution in [2.24, 2.45) is 0 Å². The Kier molecular flexibility index (Phi) is 7.29. The molecule has 0 radical (unpaired) electrons. The van der Waals surface area contributed by atoms with Crippen LogP contribution in [0.1, 0.15) is 18.1 Å². The third kappa shape index (κ3) is 5.97. The Balaban J connectivity index is 1.88. The fourth-order valence-electron chi connectivity index (χ4n) is 2.35. The lowest BCUT2D eigenvalue weighted by Gasteiger charge is -2.21. The number of ether oxygens (including phenoxy) is 1. The van der Waals surface area contributed by atoms with Crippen LogP contribution in [-0.2, 0) is 17.8 Å². The first-order valence-corrected chi connectivity index (χ1v) is 8.60. The van der Waals surface area contributed by atoms with Crippen molar-refractivity contribution < 1.29 is 14.3 Å². The highest BCUT2D eigenvalue weighted by Crippen LogP contribution is 2.13. The number of halogens is 1. The van der Waals surface area contributed by atoms with Gasteiger partial charge in [0.05, 0.1) is 7.11 Å². The van der Waals surface area contributed by atoms with E-state index in [1.165, 1.54) is 7.11 Å². The van der Waals surface area contributed by atoms with E-state index in [0.29, 0.717) is 30.3 Å². The lowest BCUT2D eigenvalue weighted by molar-refractivity contribution is 0.187. The first-order chi connectivity index (χ1) is 12.5. The van der Waals surface area contributed by atoms with E-state index in [4.69, 9.17) is 11.6 Å². The fourth-order valence-corrected chi connectivity index (χ4v) is 2.56. The van der Waals surface area contributed by atoms with Gasteiger partial charge in [-0.1, -0.05) is 35.9 Å². The SMILES string of the molecule is CCN(Cc1cccc(Cl)c1)C(=O)NCc1ccc(NC(=O)OC)cc1. The van der Waals surface area contributed by atoms with Crippen LogP contribution in [0.3, 0.4) is 0 Å². The van der Waals surface area contributed by atoms with Crippen molar-refractivity contribution in [3.05, 3.63) is 64.7 Å². The number of hydrogen-bond acceptors (Lipinski definition) is 3. The van der Waals surface area contributed by atoms with Crippen LogP contribution in [-0.4, -0.2) is 30.7 Å². The van der Waals surface area contributed by atoms with Crippen LogP contribution in [0, 0.1) is 0 Å².